The predicted molar refractivity (Wildman–Crippen MR) is 148 cm³/mol. The number of amides is 3. The number of ether oxygens (including phenoxy) is 2. The van der Waals surface area contributed by atoms with Crippen LogP contribution in [0.4, 0.5) is 15.8 Å². The quantitative estimate of drug-likeness (QED) is 0.322. The number of aromatic nitrogens is 1. The van der Waals surface area contributed by atoms with Gasteiger partial charge in [0.1, 0.15) is 18.4 Å². The Kier molecular flexibility index (Phi) is 7.05. The molecule has 0 fully saturated rings. The van der Waals surface area contributed by atoms with Gasteiger partial charge in [0.15, 0.2) is 11.5 Å². The number of carbonyl (C=O) groups excluding carboxylic acids is 4. The number of fused-ring (bicyclic) bond motifs is 2. The van der Waals surface area contributed by atoms with Crippen LogP contribution in [0.25, 0.3) is 0 Å². The Morgan fingerprint density at radius 1 is 0.976 bits per heavy atom. The third-order valence-electron chi connectivity index (χ3n) is 6.95. The molecule has 11 heteroatoms. The van der Waals surface area contributed by atoms with Crippen molar-refractivity contribution >= 4 is 34.9 Å². The highest BCUT2D eigenvalue weighted by Crippen LogP contribution is 2.35. The second-order valence-corrected chi connectivity index (χ2v) is 9.63. The van der Waals surface area contributed by atoms with Crippen molar-refractivity contribution in [3.05, 3.63) is 114 Å². The zero-order valence-electron chi connectivity index (χ0n) is 22.0. The summed E-state index contributed by atoms with van der Waals surface area (Å²) < 4.78 is 24.7. The minimum atomic E-state index is -1.26. The summed E-state index contributed by atoms with van der Waals surface area (Å²) in [6, 6.07) is 18.7. The summed E-state index contributed by atoms with van der Waals surface area (Å²) in [7, 11) is 0. The summed E-state index contributed by atoms with van der Waals surface area (Å²) >= 11 is 0. The largest absolute Gasteiger partial charge is 0.454 e. The molecule has 0 radical (unpaired) electrons. The molecule has 0 aliphatic carbocycles. The maximum Gasteiger partial charge on any atom is 0.299 e. The van der Waals surface area contributed by atoms with Crippen molar-refractivity contribution in [1.29, 1.82) is 0 Å². The molecule has 6 rings (SSSR count). The number of benzene rings is 3. The minimum Gasteiger partial charge on any atom is -0.454 e. The molecule has 210 valence electrons. The summed E-state index contributed by atoms with van der Waals surface area (Å²) in [5.41, 5.74) is 1.84. The van der Waals surface area contributed by atoms with Gasteiger partial charge in [0.25, 0.3) is 17.6 Å². The van der Waals surface area contributed by atoms with Gasteiger partial charge in [0, 0.05) is 30.7 Å². The van der Waals surface area contributed by atoms with Crippen LogP contribution in [0.5, 0.6) is 11.5 Å². The van der Waals surface area contributed by atoms with Gasteiger partial charge in [-0.2, -0.15) is 0 Å². The van der Waals surface area contributed by atoms with Crippen LogP contribution in [0.2, 0.25) is 0 Å². The van der Waals surface area contributed by atoms with Crippen LogP contribution in [0.15, 0.2) is 91.3 Å². The van der Waals surface area contributed by atoms with E-state index in [9.17, 15) is 23.6 Å². The summed E-state index contributed by atoms with van der Waals surface area (Å²) in [5.74, 6) is -2.31. The summed E-state index contributed by atoms with van der Waals surface area (Å²) in [5, 5.41) is 2.82. The lowest BCUT2D eigenvalue weighted by Crippen LogP contribution is -2.46. The number of para-hydroxylation sites is 1. The molecule has 3 heterocycles. The van der Waals surface area contributed by atoms with E-state index < -0.39 is 41.9 Å². The Morgan fingerprint density at radius 3 is 2.55 bits per heavy atom. The number of nitrogens with zero attached hydrogens (tertiary/aromatic N) is 3. The fourth-order valence-corrected chi connectivity index (χ4v) is 4.95. The van der Waals surface area contributed by atoms with Gasteiger partial charge in [-0.3, -0.25) is 29.1 Å². The molecule has 4 aromatic rings. The number of anilines is 2. The third-order valence-corrected chi connectivity index (χ3v) is 6.95. The number of nitrogens with one attached hydrogen (secondary N) is 1. The van der Waals surface area contributed by atoms with Crippen LogP contribution in [-0.4, -0.2) is 46.7 Å². The predicted octanol–water partition coefficient (Wildman–Crippen LogP) is 3.89. The van der Waals surface area contributed by atoms with Crippen LogP contribution in [0.1, 0.15) is 27.5 Å². The lowest BCUT2D eigenvalue weighted by Gasteiger charge is -2.32. The lowest BCUT2D eigenvalue weighted by molar-refractivity contribution is -0.139. The van der Waals surface area contributed by atoms with E-state index in [0.717, 1.165) is 4.90 Å². The van der Waals surface area contributed by atoms with Crippen LogP contribution in [-0.2, 0) is 20.9 Å². The van der Waals surface area contributed by atoms with E-state index in [4.69, 9.17) is 9.47 Å². The van der Waals surface area contributed by atoms with Gasteiger partial charge in [0.05, 0.1) is 11.3 Å². The number of hydrogen-bond acceptors (Lipinski definition) is 7. The van der Waals surface area contributed by atoms with Gasteiger partial charge in [-0.1, -0.05) is 30.3 Å². The Morgan fingerprint density at radius 2 is 1.76 bits per heavy atom. The second-order valence-electron chi connectivity index (χ2n) is 9.63. The van der Waals surface area contributed by atoms with Gasteiger partial charge < -0.3 is 19.7 Å². The number of rotatable bonds is 8. The molecule has 42 heavy (non-hydrogen) atoms. The summed E-state index contributed by atoms with van der Waals surface area (Å²) in [6.07, 6.45) is 3.13. The molecule has 3 aromatic carbocycles. The van der Waals surface area contributed by atoms with Crippen LogP contribution >= 0.6 is 0 Å². The first kappa shape index (κ1) is 26.6. The average molecular weight is 567 g/mol. The highest BCUT2D eigenvalue weighted by molar-refractivity contribution is 6.52. The average Bonchev–Trinajstić information content (AvgIpc) is 3.56. The molecule has 1 atom stereocenters. The maximum absolute atomic E-state index is 14.1. The van der Waals surface area contributed by atoms with Crippen molar-refractivity contribution in [1.82, 2.24) is 9.88 Å². The molecule has 0 saturated heterocycles. The van der Waals surface area contributed by atoms with Crippen LogP contribution in [0, 0.1) is 5.82 Å². The fraction of sp³-hybridized carbons (Fsp3) is 0.129. The van der Waals surface area contributed by atoms with Gasteiger partial charge in [-0.15, -0.1) is 0 Å². The molecule has 2 aliphatic heterocycles. The smallest absolute Gasteiger partial charge is 0.299 e. The number of ketones is 1. The van der Waals surface area contributed by atoms with Crippen molar-refractivity contribution in [3.8, 4) is 11.5 Å². The van der Waals surface area contributed by atoms with Gasteiger partial charge >= 0.3 is 0 Å². The Balaban J connectivity index is 1.37. The van der Waals surface area contributed by atoms with Crippen molar-refractivity contribution < 1.29 is 33.0 Å². The second kappa shape index (κ2) is 11.1. The molecule has 1 aromatic heterocycles. The Hall–Kier alpha value is -5.58. The number of Topliss-reactive ketones (excluding diaryl/α,β-unsaturated/α-hetero) is 1. The zero-order chi connectivity index (χ0) is 29.2. The highest BCUT2D eigenvalue weighted by Gasteiger charge is 2.39. The molecule has 1 unspecified atom stereocenters. The number of pyridine rings is 1. The molecule has 0 saturated carbocycles. The molecule has 3 amide bonds. The maximum atomic E-state index is 14.1. The Bertz CT molecular complexity index is 1700. The van der Waals surface area contributed by atoms with Crippen LogP contribution < -0.4 is 19.7 Å². The van der Waals surface area contributed by atoms with Crippen molar-refractivity contribution in [3.63, 3.8) is 0 Å². The number of halogens is 1. The van der Waals surface area contributed by atoms with E-state index in [1.807, 2.05) is 0 Å². The Labute approximate surface area is 239 Å². The number of hydrogen-bond donors (Lipinski definition) is 1. The van der Waals surface area contributed by atoms with Crippen molar-refractivity contribution in [2.45, 2.75) is 12.6 Å². The molecule has 10 nitrogen and oxygen atoms in total. The molecule has 2 aliphatic rings. The van der Waals surface area contributed by atoms with Gasteiger partial charge in [0.2, 0.25) is 12.7 Å². The van der Waals surface area contributed by atoms with Crippen molar-refractivity contribution in [2.24, 2.45) is 0 Å². The monoisotopic (exact) mass is 566 g/mol. The van der Waals surface area contributed by atoms with Gasteiger partial charge in [-0.25, -0.2) is 4.39 Å². The molecule has 1 N–H and O–H groups in total. The lowest BCUT2D eigenvalue weighted by atomic mass is 10.0. The SMILES string of the molecule is O=C1C(=O)N(CC(=O)N(Cc2cccnc2)C(C(=O)Nc2ccc3c(c2)OCO3)c2ccc(F)cc2)c2ccccc21. The zero-order valence-corrected chi connectivity index (χ0v) is 22.0. The van der Waals surface area contributed by atoms with E-state index in [2.05, 4.69) is 10.3 Å². The summed E-state index contributed by atoms with van der Waals surface area (Å²) in [6.45, 7) is -0.517. The first-order chi connectivity index (χ1) is 20.4. The van der Waals surface area contributed by atoms with E-state index >= 15 is 0 Å². The van der Waals surface area contributed by atoms with Crippen LogP contribution in [0.3, 0.4) is 0 Å². The first-order valence-electron chi connectivity index (χ1n) is 13.0. The van der Waals surface area contributed by atoms with E-state index in [0.29, 0.717) is 34.0 Å². The standard InChI is InChI=1S/C31H23FN4O6/c32-21-9-7-20(8-10-21)28(30(39)34-22-11-12-25-26(14-22)42-18-41-25)36(16-19-4-3-13-33-15-19)27(37)17-35-24-6-2-1-5-23(24)29(38)31(35)40/h1-15,28H,16-18H2,(H,34,39). The van der Waals surface area contributed by atoms with E-state index in [1.54, 1.807) is 60.9 Å². The molecular weight excluding hydrogens is 543 g/mol. The fourth-order valence-electron chi connectivity index (χ4n) is 4.95. The highest BCUT2D eigenvalue weighted by atomic mass is 19.1. The van der Waals surface area contributed by atoms with Crippen molar-refractivity contribution in [2.75, 3.05) is 23.6 Å². The minimum absolute atomic E-state index is 0.0547. The first-order valence-corrected chi connectivity index (χ1v) is 13.0. The number of carbonyl (C=O) groups is 4. The topological polar surface area (TPSA) is 118 Å². The van der Waals surface area contributed by atoms with Gasteiger partial charge in [-0.05, 0) is 53.6 Å². The molecule has 0 bridgehead atoms. The van der Waals surface area contributed by atoms with E-state index in [-0.39, 0.29) is 18.9 Å². The molecule has 0 spiro atoms. The third kappa shape index (κ3) is 5.15. The molecular formula is C31H23FN4O6. The summed E-state index contributed by atoms with van der Waals surface area (Å²) in [4.78, 5) is 60.0. The van der Waals surface area contributed by atoms with E-state index in [1.165, 1.54) is 35.2 Å². The normalized spacial score (nSPS) is 14.0.